The molecule has 0 aromatic heterocycles. The second kappa shape index (κ2) is 8.05. The summed E-state index contributed by atoms with van der Waals surface area (Å²) in [5.74, 6) is -1.20. The number of methoxy groups -OCH3 is 1. The third-order valence-corrected chi connectivity index (χ3v) is 2.91. The number of carbonyl (C=O) groups is 2. The third-order valence-electron chi connectivity index (χ3n) is 2.91. The van der Waals surface area contributed by atoms with Crippen molar-refractivity contribution >= 4 is 11.9 Å². The van der Waals surface area contributed by atoms with Crippen molar-refractivity contribution in [2.45, 2.75) is 44.3 Å². The first kappa shape index (κ1) is 14.9. The molecule has 1 saturated heterocycles. The van der Waals surface area contributed by atoms with Crippen LogP contribution in [-0.4, -0.2) is 49.5 Å². The van der Waals surface area contributed by atoms with Crippen LogP contribution in [0.3, 0.4) is 0 Å². The topological polar surface area (TPSA) is 84.9 Å². The molecule has 6 nitrogen and oxygen atoms in total. The van der Waals surface area contributed by atoms with Gasteiger partial charge in [0.05, 0.1) is 0 Å². The van der Waals surface area contributed by atoms with Gasteiger partial charge in [0.25, 0.3) is 0 Å². The molecule has 1 aliphatic heterocycles. The number of hydrogen-bond acceptors (Lipinski definition) is 4. The third kappa shape index (κ3) is 5.01. The van der Waals surface area contributed by atoms with E-state index in [0.29, 0.717) is 19.4 Å². The van der Waals surface area contributed by atoms with E-state index in [-0.39, 0.29) is 5.91 Å². The quantitative estimate of drug-likeness (QED) is 0.622. The van der Waals surface area contributed by atoms with Crippen molar-refractivity contribution in [3.63, 3.8) is 0 Å². The van der Waals surface area contributed by atoms with E-state index < -0.39 is 18.2 Å². The molecule has 0 aliphatic carbocycles. The summed E-state index contributed by atoms with van der Waals surface area (Å²) in [7, 11) is 1.66. The lowest BCUT2D eigenvalue weighted by Crippen LogP contribution is -2.36. The highest BCUT2D eigenvalue weighted by molar-refractivity contribution is 5.82. The van der Waals surface area contributed by atoms with Crippen LogP contribution in [0.1, 0.15) is 32.1 Å². The van der Waals surface area contributed by atoms with Gasteiger partial charge in [-0.05, 0) is 32.1 Å². The highest BCUT2D eigenvalue weighted by Crippen LogP contribution is 2.19. The Bertz CT molecular complexity index is 282. The molecule has 0 spiro atoms. The lowest BCUT2D eigenvalue weighted by atomic mass is 10.2. The maximum Gasteiger partial charge on any atom is 0.332 e. The van der Waals surface area contributed by atoms with Crippen LogP contribution in [0.5, 0.6) is 0 Å². The molecule has 6 heteroatoms. The minimum absolute atomic E-state index is 0.203. The van der Waals surface area contributed by atoms with E-state index in [1.54, 1.807) is 7.11 Å². The highest BCUT2D eigenvalue weighted by atomic mass is 16.5. The zero-order valence-corrected chi connectivity index (χ0v) is 10.7. The fraction of sp³-hybridized carbons (Fsp3) is 0.833. The molecule has 0 aromatic carbocycles. The summed E-state index contributed by atoms with van der Waals surface area (Å²) in [5.41, 5.74) is 0. The average Bonchev–Trinajstić information content (AvgIpc) is 2.83. The number of hydrogen-bond donors (Lipinski definition) is 2. The molecule has 1 heterocycles. The molecule has 0 aromatic rings. The van der Waals surface area contributed by atoms with Gasteiger partial charge in [-0.25, -0.2) is 4.79 Å². The van der Waals surface area contributed by atoms with Gasteiger partial charge in [0.15, 0.2) is 6.10 Å². The smallest absolute Gasteiger partial charge is 0.332 e. The van der Waals surface area contributed by atoms with Crippen LogP contribution in [0.25, 0.3) is 0 Å². The summed E-state index contributed by atoms with van der Waals surface area (Å²) in [5, 5.41) is 11.5. The Balaban J connectivity index is 2.09. The van der Waals surface area contributed by atoms with Crippen LogP contribution in [0.15, 0.2) is 0 Å². The first-order chi connectivity index (χ1) is 8.65. The molecular formula is C12H21NO5. The van der Waals surface area contributed by atoms with Gasteiger partial charge >= 0.3 is 5.97 Å². The molecule has 1 aliphatic rings. The monoisotopic (exact) mass is 259 g/mol. The average molecular weight is 259 g/mol. The summed E-state index contributed by atoms with van der Waals surface area (Å²) in [6.45, 7) is 1.33. The Morgan fingerprint density at radius 3 is 2.61 bits per heavy atom. The first-order valence-corrected chi connectivity index (χ1v) is 6.30. The van der Waals surface area contributed by atoms with E-state index in [1.807, 2.05) is 0 Å². The second-order valence-corrected chi connectivity index (χ2v) is 4.37. The fourth-order valence-corrected chi connectivity index (χ4v) is 1.89. The van der Waals surface area contributed by atoms with E-state index in [4.69, 9.17) is 14.6 Å². The predicted molar refractivity (Wildman–Crippen MR) is 64.3 cm³/mol. The van der Waals surface area contributed by atoms with Gasteiger partial charge in [-0.3, -0.25) is 4.79 Å². The van der Waals surface area contributed by atoms with Gasteiger partial charge in [0.2, 0.25) is 5.91 Å². The second-order valence-electron chi connectivity index (χ2n) is 4.37. The summed E-state index contributed by atoms with van der Waals surface area (Å²) in [6, 6.07) is 0. The fourth-order valence-electron chi connectivity index (χ4n) is 1.89. The number of amides is 1. The molecule has 2 atom stereocenters. The van der Waals surface area contributed by atoms with Crippen molar-refractivity contribution in [2.75, 3.05) is 20.3 Å². The van der Waals surface area contributed by atoms with E-state index in [2.05, 4.69) is 5.32 Å². The molecule has 2 N–H and O–H groups in total. The van der Waals surface area contributed by atoms with Crippen molar-refractivity contribution in [1.29, 1.82) is 0 Å². The zero-order chi connectivity index (χ0) is 13.4. The molecular weight excluding hydrogens is 238 g/mol. The van der Waals surface area contributed by atoms with Crippen LogP contribution in [-0.2, 0) is 19.1 Å². The van der Waals surface area contributed by atoms with E-state index in [0.717, 1.165) is 25.9 Å². The van der Waals surface area contributed by atoms with Crippen LogP contribution in [0, 0.1) is 0 Å². The van der Waals surface area contributed by atoms with Gasteiger partial charge in [-0.2, -0.15) is 0 Å². The van der Waals surface area contributed by atoms with Gasteiger partial charge in [0.1, 0.15) is 6.10 Å². The van der Waals surface area contributed by atoms with Gasteiger partial charge in [-0.1, -0.05) is 0 Å². The Labute approximate surface area is 107 Å². The SMILES string of the molecule is COCCCCCNC(=O)C1CCC(C(=O)O)O1. The number of nitrogens with one attached hydrogen (secondary N) is 1. The van der Waals surface area contributed by atoms with Crippen LogP contribution in [0.4, 0.5) is 0 Å². The largest absolute Gasteiger partial charge is 0.479 e. The summed E-state index contributed by atoms with van der Waals surface area (Å²) in [6.07, 6.45) is 2.32. The molecule has 1 rings (SSSR count). The molecule has 2 unspecified atom stereocenters. The van der Waals surface area contributed by atoms with Crippen molar-refractivity contribution in [3.8, 4) is 0 Å². The minimum Gasteiger partial charge on any atom is -0.479 e. The Hall–Kier alpha value is -1.14. The number of unbranched alkanes of at least 4 members (excludes halogenated alkanes) is 2. The molecule has 18 heavy (non-hydrogen) atoms. The normalized spacial score (nSPS) is 22.9. The summed E-state index contributed by atoms with van der Waals surface area (Å²) >= 11 is 0. The molecule has 1 amide bonds. The Morgan fingerprint density at radius 2 is 2.00 bits per heavy atom. The molecule has 1 fully saturated rings. The molecule has 0 saturated carbocycles. The highest BCUT2D eigenvalue weighted by Gasteiger charge is 2.34. The zero-order valence-electron chi connectivity index (χ0n) is 10.7. The standard InChI is InChI=1S/C12H21NO5/c1-17-8-4-2-3-7-13-11(14)9-5-6-10(18-9)12(15)16/h9-10H,2-8H2,1H3,(H,13,14)(H,15,16). The van der Waals surface area contributed by atoms with Gasteiger partial charge in [0, 0.05) is 20.3 Å². The number of carbonyl (C=O) groups excluding carboxylic acids is 1. The maximum absolute atomic E-state index is 11.6. The summed E-state index contributed by atoms with van der Waals surface area (Å²) < 4.78 is 10.1. The van der Waals surface area contributed by atoms with Crippen molar-refractivity contribution < 1.29 is 24.2 Å². The van der Waals surface area contributed by atoms with Crippen LogP contribution in [0.2, 0.25) is 0 Å². The Morgan fingerprint density at radius 1 is 1.28 bits per heavy atom. The maximum atomic E-state index is 11.6. The number of ether oxygens (including phenoxy) is 2. The number of carboxylic acid groups (broad SMARTS) is 1. The number of aliphatic carboxylic acids is 1. The van der Waals surface area contributed by atoms with Crippen molar-refractivity contribution in [1.82, 2.24) is 5.32 Å². The van der Waals surface area contributed by atoms with E-state index >= 15 is 0 Å². The van der Waals surface area contributed by atoms with Crippen molar-refractivity contribution in [3.05, 3.63) is 0 Å². The number of rotatable bonds is 8. The first-order valence-electron chi connectivity index (χ1n) is 6.30. The predicted octanol–water partition coefficient (Wildman–Crippen LogP) is 0.551. The number of carboxylic acids is 1. The van der Waals surface area contributed by atoms with Gasteiger partial charge in [-0.15, -0.1) is 0 Å². The van der Waals surface area contributed by atoms with Crippen molar-refractivity contribution in [2.24, 2.45) is 0 Å². The lowest BCUT2D eigenvalue weighted by Gasteiger charge is -2.11. The minimum atomic E-state index is -0.995. The molecule has 0 bridgehead atoms. The van der Waals surface area contributed by atoms with E-state index in [9.17, 15) is 9.59 Å². The van der Waals surface area contributed by atoms with Crippen LogP contribution < -0.4 is 5.32 Å². The molecule has 104 valence electrons. The molecule has 0 radical (unpaired) electrons. The van der Waals surface area contributed by atoms with E-state index in [1.165, 1.54) is 0 Å². The van der Waals surface area contributed by atoms with Crippen LogP contribution >= 0.6 is 0 Å². The Kier molecular flexibility index (Phi) is 6.67. The lowest BCUT2D eigenvalue weighted by molar-refractivity contribution is -0.151. The van der Waals surface area contributed by atoms with Gasteiger partial charge < -0.3 is 19.9 Å². The summed E-state index contributed by atoms with van der Waals surface area (Å²) in [4.78, 5) is 22.3.